The van der Waals surface area contributed by atoms with Crippen LogP contribution in [0, 0.1) is 0 Å². The van der Waals surface area contributed by atoms with E-state index >= 15 is 0 Å². The van der Waals surface area contributed by atoms with Crippen LogP contribution in [0.3, 0.4) is 0 Å². The summed E-state index contributed by atoms with van der Waals surface area (Å²) in [7, 11) is 5.73. The smallest absolute Gasteiger partial charge is 0.243 e. The Hall–Kier alpha value is -1.69. The zero-order chi connectivity index (χ0) is 12.7. The van der Waals surface area contributed by atoms with Gasteiger partial charge in [-0.05, 0) is 14.1 Å². The predicted molar refractivity (Wildman–Crippen MR) is 65.4 cm³/mol. The molecule has 0 aromatic carbocycles. The lowest BCUT2D eigenvalue weighted by Crippen LogP contribution is -2.24. The number of hydrogen-bond acceptors (Lipinski definition) is 4. The molecule has 1 aromatic heterocycles. The summed E-state index contributed by atoms with van der Waals surface area (Å²) in [6.07, 6.45) is 5.92. The Morgan fingerprint density at radius 1 is 1.59 bits per heavy atom. The molecule has 94 valence electrons. The first-order valence-corrected chi connectivity index (χ1v) is 5.52. The number of nitrogens with zero attached hydrogens (tertiary/aromatic N) is 4. The minimum Gasteiger partial charge on any atom is -0.352 e. The Bertz CT molecular complexity index is 383. The van der Waals surface area contributed by atoms with E-state index in [0.29, 0.717) is 13.0 Å². The molecular weight excluding hydrogens is 218 g/mol. The minimum absolute atomic E-state index is 0.0734. The van der Waals surface area contributed by atoms with Crippen molar-refractivity contribution in [1.82, 2.24) is 25.2 Å². The molecule has 0 bridgehead atoms. The van der Waals surface area contributed by atoms with Gasteiger partial charge in [-0.25, -0.2) is 0 Å². The molecule has 0 aliphatic rings. The molecule has 17 heavy (non-hydrogen) atoms. The van der Waals surface area contributed by atoms with E-state index in [2.05, 4.69) is 15.6 Å². The molecule has 1 aromatic rings. The number of likely N-dealkylation sites (N-methyl/N-ethyl adjacent to an activating group) is 1. The maximum atomic E-state index is 11.4. The Labute approximate surface area is 101 Å². The fraction of sp³-hybridized carbons (Fsp3) is 0.545. The molecule has 0 unspecified atom stereocenters. The number of carbonyl (C=O) groups is 1. The first kappa shape index (κ1) is 13.4. The summed E-state index contributed by atoms with van der Waals surface area (Å²) in [6, 6.07) is 0. The third-order valence-corrected chi connectivity index (χ3v) is 2.07. The van der Waals surface area contributed by atoms with Gasteiger partial charge >= 0.3 is 0 Å². The van der Waals surface area contributed by atoms with Gasteiger partial charge in [-0.3, -0.25) is 9.48 Å². The summed E-state index contributed by atoms with van der Waals surface area (Å²) in [5.74, 6) is -0.0734. The van der Waals surface area contributed by atoms with Gasteiger partial charge in [-0.15, -0.1) is 5.10 Å². The summed E-state index contributed by atoms with van der Waals surface area (Å²) in [5.41, 5.74) is 0.880. The largest absolute Gasteiger partial charge is 0.352 e. The molecule has 0 saturated heterocycles. The Morgan fingerprint density at radius 3 is 2.94 bits per heavy atom. The van der Waals surface area contributed by atoms with Crippen molar-refractivity contribution in [1.29, 1.82) is 0 Å². The van der Waals surface area contributed by atoms with Gasteiger partial charge in [0.05, 0.1) is 5.69 Å². The zero-order valence-electron chi connectivity index (χ0n) is 10.6. The van der Waals surface area contributed by atoms with Gasteiger partial charge in [0.2, 0.25) is 5.91 Å². The Kier molecular flexibility index (Phi) is 5.35. The predicted octanol–water partition coefficient (Wildman–Crippen LogP) is -0.408. The monoisotopic (exact) mass is 237 g/mol. The summed E-state index contributed by atoms with van der Waals surface area (Å²) >= 11 is 0. The number of nitrogens with one attached hydrogen (secondary N) is 1. The van der Waals surface area contributed by atoms with Crippen LogP contribution < -0.4 is 5.32 Å². The van der Waals surface area contributed by atoms with Gasteiger partial charge in [0.1, 0.15) is 0 Å². The molecular formula is C11H19N5O. The SMILES string of the molecule is CN(C)C/C=C/C(=O)NCCc1cn(C)nn1. The van der Waals surface area contributed by atoms with E-state index < -0.39 is 0 Å². The third-order valence-electron chi connectivity index (χ3n) is 2.07. The van der Waals surface area contributed by atoms with E-state index in [4.69, 9.17) is 0 Å². The van der Waals surface area contributed by atoms with Crippen molar-refractivity contribution in [2.24, 2.45) is 7.05 Å². The highest BCUT2D eigenvalue weighted by molar-refractivity contribution is 5.87. The van der Waals surface area contributed by atoms with Crippen molar-refractivity contribution < 1.29 is 4.79 Å². The van der Waals surface area contributed by atoms with Gasteiger partial charge in [0, 0.05) is 38.8 Å². The van der Waals surface area contributed by atoms with Crippen LogP contribution in [0.4, 0.5) is 0 Å². The maximum Gasteiger partial charge on any atom is 0.243 e. The molecule has 0 aliphatic carbocycles. The number of aromatic nitrogens is 3. The van der Waals surface area contributed by atoms with E-state index in [1.807, 2.05) is 38.3 Å². The second kappa shape index (κ2) is 6.80. The average Bonchev–Trinajstić information content (AvgIpc) is 2.63. The van der Waals surface area contributed by atoms with Crippen molar-refractivity contribution in [2.75, 3.05) is 27.2 Å². The topological polar surface area (TPSA) is 63.1 Å². The lowest BCUT2D eigenvalue weighted by atomic mass is 10.3. The third kappa shape index (κ3) is 5.82. The van der Waals surface area contributed by atoms with Crippen LogP contribution in [0.25, 0.3) is 0 Å². The first-order chi connectivity index (χ1) is 8.08. The number of carbonyl (C=O) groups excluding carboxylic acids is 1. The highest BCUT2D eigenvalue weighted by atomic mass is 16.1. The molecule has 0 atom stereocenters. The number of hydrogen-bond donors (Lipinski definition) is 1. The van der Waals surface area contributed by atoms with Crippen LogP contribution in [-0.2, 0) is 18.3 Å². The Balaban J connectivity index is 2.18. The van der Waals surface area contributed by atoms with Crippen molar-refractivity contribution in [3.63, 3.8) is 0 Å². The van der Waals surface area contributed by atoms with Crippen LogP contribution in [0.2, 0.25) is 0 Å². The van der Waals surface area contributed by atoms with E-state index in [1.54, 1.807) is 10.8 Å². The van der Waals surface area contributed by atoms with E-state index in [1.165, 1.54) is 0 Å². The van der Waals surface area contributed by atoms with Gasteiger partial charge in [-0.1, -0.05) is 11.3 Å². The van der Waals surface area contributed by atoms with Crippen molar-refractivity contribution in [3.05, 3.63) is 24.0 Å². The van der Waals surface area contributed by atoms with Crippen molar-refractivity contribution >= 4 is 5.91 Å². The molecule has 6 heteroatoms. The highest BCUT2D eigenvalue weighted by Crippen LogP contribution is 1.91. The average molecular weight is 237 g/mol. The number of rotatable bonds is 6. The summed E-state index contributed by atoms with van der Waals surface area (Å²) in [4.78, 5) is 13.4. The second-order valence-electron chi connectivity index (χ2n) is 4.09. The molecule has 1 N–H and O–H groups in total. The van der Waals surface area contributed by atoms with Crippen LogP contribution in [0.1, 0.15) is 5.69 Å². The zero-order valence-corrected chi connectivity index (χ0v) is 10.6. The fourth-order valence-electron chi connectivity index (χ4n) is 1.25. The standard InChI is InChI=1S/C11H19N5O/c1-15(2)8-4-5-11(17)12-7-6-10-9-16(3)14-13-10/h4-5,9H,6-8H2,1-3H3,(H,12,17)/b5-4+. The molecule has 1 amide bonds. The molecule has 0 saturated carbocycles. The highest BCUT2D eigenvalue weighted by Gasteiger charge is 1.99. The normalized spacial score (nSPS) is 11.3. The van der Waals surface area contributed by atoms with E-state index in [9.17, 15) is 4.79 Å². The number of aryl methyl sites for hydroxylation is 1. The molecule has 0 fully saturated rings. The van der Waals surface area contributed by atoms with Crippen LogP contribution >= 0.6 is 0 Å². The quantitative estimate of drug-likeness (QED) is 0.683. The summed E-state index contributed by atoms with van der Waals surface area (Å²) in [5, 5.41) is 10.5. The number of amides is 1. The van der Waals surface area contributed by atoms with Gasteiger partial charge in [0.15, 0.2) is 0 Å². The summed E-state index contributed by atoms with van der Waals surface area (Å²) in [6.45, 7) is 1.33. The van der Waals surface area contributed by atoms with Gasteiger partial charge < -0.3 is 10.2 Å². The van der Waals surface area contributed by atoms with Gasteiger partial charge in [0.25, 0.3) is 0 Å². The molecule has 6 nitrogen and oxygen atoms in total. The minimum atomic E-state index is -0.0734. The van der Waals surface area contributed by atoms with Gasteiger partial charge in [-0.2, -0.15) is 0 Å². The molecule has 0 aliphatic heterocycles. The summed E-state index contributed by atoms with van der Waals surface area (Å²) < 4.78 is 1.65. The fourth-order valence-corrected chi connectivity index (χ4v) is 1.25. The van der Waals surface area contributed by atoms with Crippen LogP contribution in [-0.4, -0.2) is 53.0 Å². The van der Waals surface area contributed by atoms with E-state index in [0.717, 1.165) is 12.2 Å². The van der Waals surface area contributed by atoms with Crippen LogP contribution in [0.5, 0.6) is 0 Å². The Morgan fingerprint density at radius 2 is 2.35 bits per heavy atom. The van der Waals surface area contributed by atoms with Crippen molar-refractivity contribution in [3.8, 4) is 0 Å². The maximum absolute atomic E-state index is 11.4. The molecule has 0 radical (unpaired) electrons. The lowest BCUT2D eigenvalue weighted by Gasteiger charge is -2.03. The van der Waals surface area contributed by atoms with Crippen LogP contribution in [0.15, 0.2) is 18.3 Å². The molecule has 1 heterocycles. The molecule has 0 spiro atoms. The molecule has 1 rings (SSSR count). The first-order valence-electron chi connectivity index (χ1n) is 5.52. The van der Waals surface area contributed by atoms with E-state index in [-0.39, 0.29) is 5.91 Å². The lowest BCUT2D eigenvalue weighted by molar-refractivity contribution is -0.116. The van der Waals surface area contributed by atoms with Crippen molar-refractivity contribution in [2.45, 2.75) is 6.42 Å². The second-order valence-corrected chi connectivity index (χ2v) is 4.09.